The molecule has 2 rings (SSSR count). The fourth-order valence-electron chi connectivity index (χ4n) is 2.10. The molecule has 19 heavy (non-hydrogen) atoms. The average molecular weight is 266 g/mol. The Morgan fingerprint density at radius 1 is 1.42 bits per heavy atom. The lowest BCUT2D eigenvalue weighted by Crippen LogP contribution is -2.48. The van der Waals surface area contributed by atoms with Gasteiger partial charge in [0.25, 0.3) is 0 Å². The van der Waals surface area contributed by atoms with Gasteiger partial charge in [0.2, 0.25) is 0 Å². The molecule has 1 atom stereocenters. The lowest BCUT2D eigenvalue weighted by molar-refractivity contribution is 0.174. The van der Waals surface area contributed by atoms with Gasteiger partial charge in [0.15, 0.2) is 0 Å². The molecular formula is C15H23FN2O. The number of fused-ring (bicyclic) bond motifs is 1. The van der Waals surface area contributed by atoms with E-state index in [1.165, 1.54) is 6.07 Å². The topological polar surface area (TPSA) is 24.5 Å². The van der Waals surface area contributed by atoms with E-state index in [0.29, 0.717) is 0 Å². The summed E-state index contributed by atoms with van der Waals surface area (Å²) in [6, 6.07) is 4.73. The van der Waals surface area contributed by atoms with Crippen molar-refractivity contribution in [1.82, 2.24) is 10.2 Å². The van der Waals surface area contributed by atoms with Crippen molar-refractivity contribution in [3.63, 3.8) is 0 Å². The number of nitrogens with one attached hydrogen (secondary N) is 1. The molecule has 0 aromatic heterocycles. The largest absolute Gasteiger partial charge is 0.488 e. The third-order valence-electron chi connectivity index (χ3n) is 3.90. The van der Waals surface area contributed by atoms with E-state index in [9.17, 15) is 4.39 Å². The van der Waals surface area contributed by atoms with Gasteiger partial charge >= 0.3 is 0 Å². The Labute approximate surface area is 114 Å². The molecule has 1 aromatic carbocycles. The van der Waals surface area contributed by atoms with Crippen LogP contribution < -0.4 is 10.1 Å². The SMILES string of the molecule is CN(C)C(C)(C)CNCC1Cc2cc(F)ccc2O1. The number of ether oxygens (including phenoxy) is 1. The monoisotopic (exact) mass is 266 g/mol. The first-order chi connectivity index (χ1) is 8.88. The number of likely N-dealkylation sites (N-methyl/N-ethyl adjacent to an activating group) is 1. The maximum Gasteiger partial charge on any atom is 0.123 e. The van der Waals surface area contributed by atoms with Crippen molar-refractivity contribution in [2.24, 2.45) is 0 Å². The normalized spacial score (nSPS) is 18.5. The highest BCUT2D eigenvalue weighted by atomic mass is 19.1. The molecule has 1 aromatic rings. The Kier molecular flexibility index (Phi) is 4.11. The van der Waals surface area contributed by atoms with Crippen LogP contribution in [0.4, 0.5) is 4.39 Å². The van der Waals surface area contributed by atoms with Crippen LogP contribution in [0, 0.1) is 5.82 Å². The van der Waals surface area contributed by atoms with Crippen LogP contribution in [0.25, 0.3) is 0 Å². The summed E-state index contributed by atoms with van der Waals surface area (Å²) < 4.78 is 18.9. The van der Waals surface area contributed by atoms with Crippen LogP contribution in [-0.4, -0.2) is 43.7 Å². The zero-order chi connectivity index (χ0) is 14.0. The summed E-state index contributed by atoms with van der Waals surface area (Å²) in [7, 11) is 4.15. The van der Waals surface area contributed by atoms with Crippen molar-refractivity contribution >= 4 is 0 Å². The molecule has 1 heterocycles. The van der Waals surface area contributed by atoms with Crippen LogP contribution in [0.5, 0.6) is 5.75 Å². The fourth-order valence-corrected chi connectivity index (χ4v) is 2.10. The first-order valence-electron chi connectivity index (χ1n) is 6.72. The fraction of sp³-hybridized carbons (Fsp3) is 0.600. The standard InChI is InChI=1S/C15H23FN2O/c1-15(2,18(3)4)10-17-9-13-8-11-7-12(16)5-6-14(11)19-13/h5-7,13,17H,8-10H2,1-4H3. The molecule has 1 aliphatic rings. The Bertz CT molecular complexity index is 446. The quantitative estimate of drug-likeness (QED) is 0.883. The van der Waals surface area contributed by atoms with Crippen LogP contribution in [0.15, 0.2) is 18.2 Å². The molecule has 1 N–H and O–H groups in total. The summed E-state index contributed by atoms with van der Waals surface area (Å²) in [5.74, 6) is 0.629. The lowest BCUT2D eigenvalue weighted by atomic mass is 10.0. The summed E-state index contributed by atoms with van der Waals surface area (Å²) in [4.78, 5) is 2.19. The van der Waals surface area contributed by atoms with Gasteiger partial charge < -0.3 is 15.0 Å². The molecule has 0 radical (unpaired) electrons. The molecule has 3 nitrogen and oxygen atoms in total. The van der Waals surface area contributed by atoms with Gasteiger partial charge in [-0.2, -0.15) is 0 Å². The molecular weight excluding hydrogens is 243 g/mol. The third-order valence-corrected chi connectivity index (χ3v) is 3.90. The number of benzene rings is 1. The van der Waals surface area contributed by atoms with Gasteiger partial charge in [0, 0.05) is 30.6 Å². The summed E-state index contributed by atoms with van der Waals surface area (Å²) >= 11 is 0. The van der Waals surface area contributed by atoms with Crippen molar-refractivity contribution in [1.29, 1.82) is 0 Å². The van der Waals surface area contributed by atoms with E-state index in [4.69, 9.17) is 4.74 Å². The lowest BCUT2D eigenvalue weighted by Gasteiger charge is -2.33. The molecule has 0 aliphatic carbocycles. The Hall–Kier alpha value is -1.13. The van der Waals surface area contributed by atoms with E-state index in [1.807, 2.05) is 0 Å². The van der Waals surface area contributed by atoms with E-state index in [-0.39, 0.29) is 17.5 Å². The Balaban J connectivity index is 1.81. The van der Waals surface area contributed by atoms with Gasteiger partial charge in [-0.1, -0.05) is 0 Å². The molecule has 1 unspecified atom stereocenters. The smallest absolute Gasteiger partial charge is 0.123 e. The zero-order valence-electron chi connectivity index (χ0n) is 12.2. The number of halogens is 1. The zero-order valence-corrected chi connectivity index (χ0v) is 12.2. The van der Waals surface area contributed by atoms with Crippen molar-refractivity contribution in [3.8, 4) is 5.75 Å². The van der Waals surface area contributed by atoms with E-state index in [2.05, 4.69) is 38.2 Å². The average Bonchev–Trinajstić information content (AvgIpc) is 2.70. The van der Waals surface area contributed by atoms with Crippen LogP contribution in [0.3, 0.4) is 0 Å². The summed E-state index contributed by atoms with van der Waals surface area (Å²) in [6.07, 6.45) is 0.887. The van der Waals surface area contributed by atoms with Gasteiger partial charge in [-0.3, -0.25) is 0 Å². The molecule has 106 valence electrons. The Morgan fingerprint density at radius 3 is 2.84 bits per heavy atom. The van der Waals surface area contributed by atoms with E-state index in [1.54, 1.807) is 12.1 Å². The van der Waals surface area contributed by atoms with Crippen molar-refractivity contribution in [2.75, 3.05) is 27.2 Å². The Morgan fingerprint density at radius 2 is 2.16 bits per heavy atom. The van der Waals surface area contributed by atoms with Crippen LogP contribution in [0.1, 0.15) is 19.4 Å². The highest BCUT2D eigenvalue weighted by Crippen LogP contribution is 2.28. The second-order valence-corrected chi connectivity index (χ2v) is 6.03. The first kappa shape index (κ1) is 14.3. The number of rotatable bonds is 5. The van der Waals surface area contributed by atoms with Gasteiger partial charge in [-0.25, -0.2) is 4.39 Å². The van der Waals surface area contributed by atoms with Crippen molar-refractivity contribution < 1.29 is 9.13 Å². The van der Waals surface area contributed by atoms with Gasteiger partial charge in [0.1, 0.15) is 17.7 Å². The minimum atomic E-state index is -0.190. The number of hydrogen-bond acceptors (Lipinski definition) is 3. The number of nitrogens with zero attached hydrogens (tertiary/aromatic N) is 1. The van der Waals surface area contributed by atoms with Crippen LogP contribution >= 0.6 is 0 Å². The highest BCUT2D eigenvalue weighted by molar-refractivity contribution is 5.37. The first-order valence-corrected chi connectivity index (χ1v) is 6.72. The van der Waals surface area contributed by atoms with Gasteiger partial charge in [0.05, 0.1) is 0 Å². The predicted molar refractivity (Wildman–Crippen MR) is 75.2 cm³/mol. The maximum atomic E-state index is 13.1. The minimum Gasteiger partial charge on any atom is -0.488 e. The van der Waals surface area contributed by atoms with E-state index < -0.39 is 0 Å². The van der Waals surface area contributed by atoms with Gasteiger partial charge in [-0.15, -0.1) is 0 Å². The van der Waals surface area contributed by atoms with Crippen LogP contribution in [-0.2, 0) is 6.42 Å². The molecule has 0 bridgehead atoms. The second kappa shape index (κ2) is 5.47. The highest BCUT2D eigenvalue weighted by Gasteiger charge is 2.25. The summed E-state index contributed by atoms with van der Waals surface area (Å²) in [5, 5.41) is 3.44. The van der Waals surface area contributed by atoms with Crippen LogP contribution in [0.2, 0.25) is 0 Å². The summed E-state index contributed by atoms with van der Waals surface area (Å²) in [6.45, 7) is 6.07. The molecule has 0 saturated carbocycles. The molecule has 0 amide bonds. The predicted octanol–water partition coefficient (Wildman–Crippen LogP) is 2.06. The molecule has 0 fully saturated rings. The maximum absolute atomic E-state index is 13.1. The molecule has 4 heteroatoms. The molecule has 1 aliphatic heterocycles. The van der Waals surface area contributed by atoms with E-state index in [0.717, 1.165) is 30.8 Å². The second-order valence-electron chi connectivity index (χ2n) is 6.03. The van der Waals surface area contributed by atoms with Gasteiger partial charge in [-0.05, 0) is 46.1 Å². The van der Waals surface area contributed by atoms with Crippen molar-refractivity contribution in [3.05, 3.63) is 29.6 Å². The molecule has 0 spiro atoms. The minimum absolute atomic E-state index is 0.106. The van der Waals surface area contributed by atoms with E-state index >= 15 is 0 Å². The summed E-state index contributed by atoms with van der Waals surface area (Å²) in [5.41, 5.74) is 1.08. The number of hydrogen-bond donors (Lipinski definition) is 1. The molecule has 0 saturated heterocycles. The van der Waals surface area contributed by atoms with Crippen molar-refractivity contribution in [2.45, 2.75) is 31.9 Å². The third kappa shape index (κ3) is 3.45.